The Morgan fingerprint density at radius 2 is 1.61 bits per heavy atom. The van der Waals surface area contributed by atoms with Crippen molar-refractivity contribution in [3.63, 3.8) is 0 Å². The second-order valence-corrected chi connectivity index (χ2v) is 5.85. The van der Waals surface area contributed by atoms with Crippen LogP contribution >= 0.6 is 15.9 Å². The number of halogens is 1. The normalized spacial score (nSPS) is 13.0. The first kappa shape index (κ1) is 17.2. The van der Waals surface area contributed by atoms with E-state index in [1.54, 1.807) is 31.2 Å². The van der Waals surface area contributed by atoms with E-state index in [2.05, 4.69) is 21.2 Å². The average molecular weight is 376 g/mol. The quantitative estimate of drug-likeness (QED) is 0.622. The molecule has 5 heteroatoms. The summed E-state index contributed by atoms with van der Waals surface area (Å²) in [6.45, 7) is 1.97. The largest absolute Gasteiger partial charge is 0.445 e. The Bertz CT molecular complexity index is 660. The van der Waals surface area contributed by atoms with Crippen LogP contribution in [0.4, 0.5) is 0 Å². The minimum Gasteiger partial charge on any atom is -0.445 e. The highest BCUT2D eigenvalue weighted by Crippen LogP contribution is 2.17. The number of carbonyl (C=O) groups is 2. The molecule has 0 fully saturated rings. The number of hydrogen-bond donors (Lipinski definition) is 1. The van der Waals surface area contributed by atoms with Gasteiger partial charge in [-0.15, -0.1) is 0 Å². The van der Waals surface area contributed by atoms with E-state index >= 15 is 0 Å². The van der Waals surface area contributed by atoms with Gasteiger partial charge in [0.05, 0.1) is 10.9 Å². The predicted octanol–water partition coefficient (Wildman–Crippen LogP) is 3.31. The van der Waals surface area contributed by atoms with Crippen LogP contribution < -0.4 is 5.32 Å². The first-order valence-corrected chi connectivity index (χ1v) is 8.34. The molecule has 2 rings (SSSR count). The van der Waals surface area contributed by atoms with Crippen molar-refractivity contribution in [2.75, 3.05) is 5.33 Å². The molecule has 4 nitrogen and oxygen atoms in total. The van der Waals surface area contributed by atoms with E-state index in [-0.39, 0.29) is 11.2 Å². The third-order valence-electron chi connectivity index (χ3n) is 3.36. The lowest BCUT2D eigenvalue weighted by Crippen LogP contribution is -2.49. The van der Waals surface area contributed by atoms with Crippen molar-refractivity contribution in [2.45, 2.75) is 19.1 Å². The number of hydrogen-bond acceptors (Lipinski definition) is 3. The monoisotopic (exact) mass is 375 g/mol. The Labute approximate surface area is 144 Å². The third-order valence-corrected chi connectivity index (χ3v) is 4.43. The second-order valence-electron chi connectivity index (χ2n) is 5.29. The fraction of sp³-hybridized carbons (Fsp3) is 0.222. The van der Waals surface area contributed by atoms with Crippen molar-refractivity contribution in [1.29, 1.82) is 0 Å². The Morgan fingerprint density at radius 1 is 1.04 bits per heavy atom. The molecule has 1 amide bonds. The highest BCUT2D eigenvalue weighted by molar-refractivity contribution is 9.09. The second kappa shape index (κ2) is 7.92. The topological polar surface area (TPSA) is 55.4 Å². The van der Waals surface area contributed by atoms with E-state index < -0.39 is 11.6 Å². The van der Waals surface area contributed by atoms with Crippen molar-refractivity contribution >= 4 is 27.8 Å². The molecule has 2 aromatic rings. The van der Waals surface area contributed by atoms with Gasteiger partial charge in [0.2, 0.25) is 0 Å². The summed E-state index contributed by atoms with van der Waals surface area (Å²) < 4.78 is 5.43. The van der Waals surface area contributed by atoms with E-state index in [0.717, 1.165) is 5.56 Å². The Balaban J connectivity index is 2.01. The summed E-state index contributed by atoms with van der Waals surface area (Å²) in [5.74, 6) is -0.870. The molecule has 0 aliphatic rings. The summed E-state index contributed by atoms with van der Waals surface area (Å²) in [5, 5.41) is 3.01. The van der Waals surface area contributed by atoms with Crippen LogP contribution in [0.2, 0.25) is 0 Å². The highest BCUT2D eigenvalue weighted by Gasteiger charge is 2.36. The van der Waals surface area contributed by atoms with Crippen LogP contribution in [0.25, 0.3) is 0 Å². The maximum atomic E-state index is 12.4. The molecule has 0 saturated carbocycles. The van der Waals surface area contributed by atoms with Gasteiger partial charge in [-0.25, -0.2) is 4.79 Å². The van der Waals surface area contributed by atoms with Crippen LogP contribution in [0.3, 0.4) is 0 Å². The standard InChI is InChI=1S/C18H18BrNO3/c1-18(13-19,23-16(21)15-10-6-3-7-11-15)17(22)20-12-14-8-4-2-5-9-14/h2-11H,12-13H2,1H3,(H,20,22)/t18-/m1/s1. The van der Waals surface area contributed by atoms with Gasteiger partial charge in [-0.1, -0.05) is 64.5 Å². The number of esters is 1. The lowest BCUT2D eigenvalue weighted by Gasteiger charge is -2.26. The maximum absolute atomic E-state index is 12.4. The highest BCUT2D eigenvalue weighted by atomic mass is 79.9. The molecule has 0 heterocycles. The van der Waals surface area contributed by atoms with E-state index in [0.29, 0.717) is 12.1 Å². The van der Waals surface area contributed by atoms with Gasteiger partial charge < -0.3 is 10.1 Å². The molecule has 1 N–H and O–H groups in total. The first-order chi connectivity index (χ1) is 11.0. The van der Waals surface area contributed by atoms with E-state index in [1.165, 1.54) is 0 Å². The molecule has 1 atom stereocenters. The number of carbonyl (C=O) groups excluding carboxylic acids is 2. The Hall–Kier alpha value is -2.14. The number of ether oxygens (including phenoxy) is 1. The predicted molar refractivity (Wildman–Crippen MR) is 92.3 cm³/mol. The van der Waals surface area contributed by atoms with Gasteiger partial charge in [-0.05, 0) is 24.6 Å². The fourth-order valence-electron chi connectivity index (χ4n) is 1.94. The number of amides is 1. The number of alkyl halides is 1. The molecule has 0 aromatic heterocycles. The van der Waals surface area contributed by atoms with Gasteiger partial charge in [-0.2, -0.15) is 0 Å². The van der Waals surface area contributed by atoms with Gasteiger partial charge in [0.25, 0.3) is 5.91 Å². The van der Waals surface area contributed by atoms with E-state index in [1.807, 2.05) is 36.4 Å². The summed E-state index contributed by atoms with van der Waals surface area (Å²) in [6.07, 6.45) is 0. The molecule has 0 aliphatic heterocycles. The summed E-state index contributed by atoms with van der Waals surface area (Å²) in [7, 11) is 0. The van der Waals surface area contributed by atoms with Crippen LogP contribution in [-0.2, 0) is 16.1 Å². The molecular formula is C18H18BrNO3. The van der Waals surface area contributed by atoms with Crippen molar-refractivity contribution in [3.8, 4) is 0 Å². The zero-order chi connectivity index (χ0) is 16.7. The molecule has 0 spiro atoms. The molecular weight excluding hydrogens is 358 g/mol. The van der Waals surface area contributed by atoms with E-state index in [9.17, 15) is 9.59 Å². The lowest BCUT2D eigenvalue weighted by atomic mass is 10.1. The summed E-state index contributed by atoms with van der Waals surface area (Å²) in [5.41, 5.74) is 0.115. The van der Waals surface area contributed by atoms with Gasteiger partial charge in [0.1, 0.15) is 0 Å². The van der Waals surface area contributed by atoms with Gasteiger partial charge in [0, 0.05) is 6.54 Å². The number of rotatable bonds is 6. The van der Waals surface area contributed by atoms with Crippen molar-refractivity contribution in [1.82, 2.24) is 5.32 Å². The van der Waals surface area contributed by atoms with Gasteiger partial charge in [0.15, 0.2) is 5.60 Å². The van der Waals surface area contributed by atoms with Crippen molar-refractivity contribution in [2.24, 2.45) is 0 Å². The zero-order valence-corrected chi connectivity index (χ0v) is 14.4. The molecule has 0 saturated heterocycles. The minimum atomic E-state index is -1.28. The van der Waals surface area contributed by atoms with E-state index in [4.69, 9.17) is 4.74 Å². The van der Waals surface area contributed by atoms with Crippen molar-refractivity contribution < 1.29 is 14.3 Å². The Morgan fingerprint density at radius 3 is 2.17 bits per heavy atom. The maximum Gasteiger partial charge on any atom is 0.339 e. The van der Waals surface area contributed by atoms with Crippen LogP contribution in [0, 0.1) is 0 Å². The average Bonchev–Trinajstić information content (AvgIpc) is 2.61. The summed E-state index contributed by atoms with van der Waals surface area (Å²) in [6, 6.07) is 18.2. The fourth-order valence-corrected chi connectivity index (χ4v) is 2.31. The molecule has 0 bridgehead atoms. The summed E-state index contributed by atoms with van der Waals surface area (Å²) >= 11 is 3.26. The molecule has 2 aromatic carbocycles. The van der Waals surface area contributed by atoms with Gasteiger partial charge in [-0.3, -0.25) is 4.79 Å². The third kappa shape index (κ3) is 4.66. The van der Waals surface area contributed by atoms with Crippen LogP contribution in [0.5, 0.6) is 0 Å². The smallest absolute Gasteiger partial charge is 0.339 e. The molecule has 0 aliphatic carbocycles. The zero-order valence-electron chi connectivity index (χ0n) is 12.8. The van der Waals surface area contributed by atoms with Crippen LogP contribution in [-0.4, -0.2) is 22.8 Å². The van der Waals surface area contributed by atoms with Gasteiger partial charge >= 0.3 is 5.97 Å². The SMILES string of the molecule is C[C@](CBr)(OC(=O)c1ccccc1)C(=O)NCc1ccccc1. The first-order valence-electron chi connectivity index (χ1n) is 7.22. The molecule has 0 radical (unpaired) electrons. The lowest BCUT2D eigenvalue weighted by molar-refractivity contribution is -0.137. The molecule has 23 heavy (non-hydrogen) atoms. The molecule has 120 valence electrons. The number of nitrogens with one attached hydrogen (secondary N) is 1. The van der Waals surface area contributed by atoms with Crippen LogP contribution in [0.1, 0.15) is 22.8 Å². The van der Waals surface area contributed by atoms with Crippen LogP contribution in [0.15, 0.2) is 60.7 Å². The minimum absolute atomic E-state index is 0.208. The number of benzene rings is 2. The molecule has 0 unspecified atom stereocenters. The Kier molecular flexibility index (Phi) is 5.93. The van der Waals surface area contributed by atoms with Crippen molar-refractivity contribution in [3.05, 3.63) is 71.8 Å². The summed E-state index contributed by atoms with van der Waals surface area (Å²) in [4.78, 5) is 24.6.